The van der Waals surface area contributed by atoms with Gasteiger partial charge in [0.05, 0.1) is 27.9 Å². The van der Waals surface area contributed by atoms with Crippen molar-refractivity contribution >= 4 is 0 Å². The number of hydrogen-bond donors (Lipinski definition) is 1. The fraction of sp³-hybridized carbons (Fsp3) is 0.538. The summed E-state index contributed by atoms with van der Waals surface area (Å²) in [6.45, 7) is 0.330. The number of aliphatic hydroxyl groups is 1. The van der Waals surface area contributed by atoms with Crippen molar-refractivity contribution in [2.75, 3.05) is 41.7 Å². The first-order chi connectivity index (χ1) is 9.15. The molecule has 0 aliphatic rings. The first-order valence-corrected chi connectivity index (χ1v) is 5.76. The van der Waals surface area contributed by atoms with Crippen LogP contribution in [0.2, 0.25) is 0 Å². The van der Waals surface area contributed by atoms with E-state index in [2.05, 4.69) is 0 Å². The predicted octanol–water partition coefficient (Wildman–Crippen LogP) is 1.10. The van der Waals surface area contributed by atoms with E-state index < -0.39 is 6.10 Å². The van der Waals surface area contributed by atoms with Gasteiger partial charge in [0.15, 0.2) is 11.5 Å². The highest BCUT2D eigenvalue weighted by Gasteiger charge is 2.14. The number of aliphatic hydroxyl groups excluding tert-OH is 1. The van der Waals surface area contributed by atoms with Gasteiger partial charge in [-0.15, -0.1) is 0 Å². The Morgan fingerprint density at radius 3 is 1.95 bits per heavy atom. The molecule has 1 aromatic rings. The second-order valence-corrected chi connectivity index (χ2v) is 3.78. The number of methoxy groups -OCH3 is 4. The minimum absolute atomic E-state index is 0.118. The Hall–Kier alpha value is -1.66. The maximum Gasteiger partial charge on any atom is 0.203 e. The van der Waals surface area contributed by atoms with Crippen LogP contribution in [0.5, 0.6) is 23.0 Å². The molecule has 1 atom stereocenters. The Bertz CT molecular complexity index is 368. The molecule has 0 heterocycles. The van der Waals surface area contributed by atoms with E-state index in [0.717, 1.165) is 0 Å². The van der Waals surface area contributed by atoms with Crippen LogP contribution in [0.1, 0.15) is 0 Å². The first kappa shape index (κ1) is 15.4. The van der Waals surface area contributed by atoms with E-state index in [-0.39, 0.29) is 13.2 Å². The third kappa shape index (κ3) is 4.18. The maximum absolute atomic E-state index is 9.53. The van der Waals surface area contributed by atoms with Gasteiger partial charge < -0.3 is 28.8 Å². The summed E-state index contributed by atoms with van der Waals surface area (Å²) in [7, 11) is 6.10. The Labute approximate surface area is 112 Å². The summed E-state index contributed by atoms with van der Waals surface area (Å²) in [4.78, 5) is 0. The average molecular weight is 272 g/mol. The molecule has 0 saturated carbocycles. The predicted molar refractivity (Wildman–Crippen MR) is 69.5 cm³/mol. The summed E-state index contributed by atoms with van der Waals surface area (Å²) in [5.41, 5.74) is 0. The molecule has 0 spiro atoms. The third-order valence-electron chi connectivity index (χ3n) is 2.44. The minimum atomic E-state index is -0.691. The maximum atomic E-state index is 9.53. The van der Waals surface area contributed by atoms with Crippen molar-refractivity contribution in [3.05, 3.63) is 12.1 Å². The molecule has 1 aromatic carbocycles. The molecular weight excluding hydrogens is 252 g/mol. The van der Waals surface area contributed by atoms with Crippen molar-refractivity contribution in [1.82, 2.24) is 0 Å². The Kier molecular flexibility index (Phi) is 6.24. The number of benzene rings is 1. The number of hydrogen-bond acceptors (Lipinski definition) is 6. The van der Waals surface area contributed by atoms with Gasteiger partial charge in [-0.1, -0.05) is 0 Å². The van der Waals surface area contributed by atoms with E-state index in [1.165, 1.54) is 28.4 Å². The van der Waals surface area contributed by atoms with Crippen LogP contribution in [0, 0.1) is 0 Å². The van der Waals surface area contributed by atoms with Gasteiger partial charge in [-0.2, -0.15) is 0 Å². The lowest BCUT2D eigenvalue weighted by Crippen LogP contribution is -2.22. The monoisotopic (exact) mass is 272 g/mol. The van der Waals surface area contributed by atoms with E-state index in [4.69, 9.17) is 23.7 Å². The van der Waals surface area contributed by atoms with E-state index >= 15 is 0 Å². The van der Waals surface area contributed by atoms with Crippen molar-refractivity contribution in [3.63, 3.8) is 0 Å². The van der Waals surface area contributed by atoms with Gasteiger partial charge in [-0.25, -0.2) is 0 Å². The van der Waals surface area contributed by atoms with Gasteiger partial charge >= 0.3 is 0 Å². The minimum Gasteiger partial charge on any atom is -0.493 e. The molecule has 108 valence electrons. The molecule has 6 heteroatoms. The quantitative estimate of drug-likeness (QED) is 0.764. The molecule has 0 aliphatic heterocycles. The van der Waals surface area contributed by atoms with Crippen LogP contribution in [0.4, 0.5) is 0 Å². The van der Waals surface area contributed by atoms with Crippen LogP contribution in [0.25, 0.3) is 0 Å². The van der Waals surface area contributed by atoms with E-state index in [0.29, 0.717) is 23.0 Å². The highest BCUT2D eigenvalue weighted by Crippen LogP contribution is 2.40. The molecule has 0 bridgehead atoms. The van der Waals surface area contributed by atoms with Crippen LogP contribution in [-0.4, -0.2) is 52.9 Å². The van der Waals surface area contributed by atoms with Gasteiger partial charge in [0.2, 0.25) is 5.75 Å². The largest absolute Gasteiger partial charge is 0.493 e. The smallest absolute Gasteiger partial charge is 0.203 e. The normalized spacial score (nSPS) is 11.8. The summed E-state index contributed by atoms with van der Waals surface area (Å²) in [6, 6.07) is 3.34. The standard InChI is InChI=1S/C13H20O6/c1-15-7-9(14)8-19-10-5-11(16-2)13(18-4)12(6-10)17-3/h5-6,9,14H,7-8H2,1-4H3. The lowest BCUT2D eigenvalue weighted by atomic mass is 10.2. The van der Waals surface area contributed by atoms with E-state index in [1.54, 1.807) is 12.1 Å². The van der Waals surface area contributed by atoms with Gasteiger partial charge in [0.25, 0.3) is 0 Å². The highest BCUT2D eigenvalue weighted by atomic mass is 16.5. The van der Waals surface area contributed by atoms with Crippen molar-refractivity contribution in [2.45, 2.75) is 6.10 Å². The molecule has 6 nitrogen and oxygen atoms in total. The van der Waals surface area contributed by atoms with Gasteiger partial charge in [0, 0.05) is 19.2 Å². The SMILES string of the molecule is COCC(O)COc1cc(OC)c(OC)c(OC)c1. The molecular formula is C13H20O6. The fourth-order valence-electron chi connectivity index (χ4n) is 1.57. The Balaban J connectivity index is 2.84. The van der Waals surface area contributed by atoms with E-state index in [1.807, 2.05) is 0 Å². The zero-order valence-electron chi connectivity index (χ0n) is 11.6. The molecule has 0 aliphatic carbocycles. The lowest BCUT2D eigenvalue weighted by molar-refractivity contribution is 0.0324. The lowest BCUT2D eigenvalue weighted by Gasteiger charge is -2.16. The molecule has 0 fully saturated rings. The second kappa shape index (κ2) is 7.70. The van der Waals surface area contributed by atoms with Crippen LogP contribution in [0.15, 0.2) is 12.1 Å². The topological polar surface area (TPSA) is 66.4 Å². The zero-order valence-corrected chi connectivity index (χ0v) is 11.6. The molecule has 0 radical (unpaired) electrons. The van der Waals surface area contributed by atoms with Gasteiger partial charge in [-0.05, 0) is 0 Å². The van der Waals surface area contributed by atoms with Crippen LogP contribution < -0.4 is 18.9 Å². The van der Waals surface area contributed by atoms with Crippen LogP contribution >= 0.6 is 0 Å². The molecule has 19 heavy (non-hydrogen) atoms. The number of rotatable bonds is 8. The van der Waals surface area contributed by atoms with E-state index in [9.17, 15) is 5.11 Å². The summed E-state index contributed by atoms with van der Waals surface area (Å²) < 4.78 is 25.9. The summed E-state index contributed by atoms with van der Waals surface area (Å²) in [5, 5.41) is 9.53. The zero-order chi connectivity index (χ0) is 14.3. The highest BCUT2D eigenvalue weighted by molar-refractivity contribution is 5.55. The Morgan fingerprint density at radius 2 is 1.53 bits per heavy atom. The molecule has 0 amide bonds. The van der Waals surface area contributed by atoms with Gasteiger partial charge in [0.1, 0.15) is 18.5 Å². The molecule has 0 saturated heterocycles. The average Bonchev–Trinajstić information content (AvgIpc) is 2.44. The van der Waals surface area contributed by atoms with Gasteiger partial charge in [-0.3, -0.25) is 0 Å². The molecule has 1 rings (SSSR count). The molecule has 1 N–H and O–H groups in total. The molecule has 1 unspecified atom stereocenters. The molecule has 0 aromatic heterocycles. The second-order valence-electron chi connectivity index (χ2n) is 3.78. The number of ether oxygens (including phenoxy) is 5. The van der Waals surface area contributed by atoms with Crippen LogP contribution in [-0.2, 0) is 4.74 Å². The van der Waals surface area contributed by atoms with Crippen molar-refractivity contribution in [3.8, 4) is 23.0 Å². The summed E-state index contributed by atoms with van der Waals surface area (Å²) >= 11 is 0. The van der Waals surface area contributed by atoms with Crippen molar-refractivity contribution in [1.29, 1.82) is 0 Å². The summed E-state index contributed by atoms with van der Waals surface area (Å²) in [5.74, 6) is 2.01. The third-order valence-corrected chi connectivity index (χ3v) is 2.44. The van der Waals surface area contributed by atoms with Crippen LogP contribution in [0.3, 0.4) is 0 Å². The van der Waals surface area contributed by atoms with Crippen molar-refractivity contribution < 1.29 is 28.8 Å². The van der Waals surface area contributed by atoms with Crippen molar-refractivity contribution in [2.24, 2.45) is 0 Å². The Morgan fingerprint density at radius 1 is 0.947 bits per heavy atom. The summed E-state index contributed by atoms with van der Waals surface area (Å²) in [6.07, 6.45) is -0.691. The first-order valence-electron chi connectivity index (χ1n) is 5.76. The fourth-order valence-corrected chi connectivity index (χ4v) is 1.57.